The van der Waals surface area contributed by atoms with Gasteiger partial charge in [-0.15, -0.1) is 10.2 Å². The van der Waals surface area contributed by atoms with Crippen molar-refractivity contribution in [2.45, 2.75) is 51.7 Å². The van der Waals surface area contributed by atoms with Gasteiger partial charge in [0.1, 0.15) is 12.1 Å². The molecule has 2 aromatic rings. The Morgan fingerprint density at radius 2 is 2.17 bits per heavy atom. The monoisotopic (exact) mass is 412 g/mol. The first-order valence-corrected chi connectivity index (χ1v) is 10.1. The van der Waals surface area contributed by atoms with Gasteiger partial charge in [-0.25, -0.2) is 4.79 Å². The van der Waals surface area contributed by atoms with Gasteiger partial charge in [0, 0.05) is 5.56 Å². The minimum absolute atomic E-state index is 0.0298. The number of hydrogen-bond donors (Lipinski definition) is 1. The SMILES string of the molecule is Cc1cccc(-c2nnc(COC(=O)CN3C(=O)N[C@]4(CCCC[C@H]4C)C3=O)o2)c1. The zero-order valence-electron chi connectivity index (χ0n) is 17.0. The Labute approximate surface area is 173 Å². The summed E-state index contributed by atoms with van der Waals surface area (Å²) >= 11 is 0. The largest absolute Gasteiger partial charge is 0.454 e. The maximum atomic E-state index is 12.9. The predicted molar refractivity (Wildman–Crippen MR) is 105 cm³/mol. The zero-order chi connectivity index (χ0) is 21.3. The van der Waals surface area contributed by atoms with Crippen LogP contribution in [0.5, 0.6) is 0 Å². The average molecular weight is 412 g/mol. The number of aromatic nitrogens is 2. The first kappa shape index (κ1) is 20.1. The third-order valence-electron chi connectivity index (χ3n) is 5.88. The van der Waals surface area contributed by atoms with Crippen LogP contribution < -0.4 is 5.32 Å². The molecule has 2 aliphatic rings. The van der Waals surface area contributed by atoms with E-state index in [9.17, 15) is 14.4 Å². The fourth-order valence-corrected chi connectivity index (χ4v) is 4.16. The van der Waals surface area contributed by atoms with Crippen LogP contribution in [0.15, 0.2) is 28.7 Å². The maximum Gasteiger partial charge on any atom is 0.326 e. The van der Waals surface area contributed by atoms with E-state index in [4.69, 9.17) is 9.15 Å². The molecule has 0 bridgehead atoms. The highest BCUT2D eigenvalue weighted by Gasteiger charge is 2.55. The summed E-state index contributed by atoms with van der Waals surface area (Å²) in [6, 6.07) is 7.03. The number of amides is 3. The number of esters is 1. The fraction of sp³-hybridized carbons (Fsp3) is 0.476. The molecule has 0 radical (unpaired) electrons. The Kier molecular flexibility index (Phi) is 5.27. The molecule has 1 saturated carbocycles. The predicted octanol–water partition coefficient (Wildman–Crippen LogP) is 2.59. The molecule has 1 aromatic heterocycles. The van der Waals surface area contributed by atoms with Crippen LogP contribution in [0.1, 0.15) is 44.1 Å². The van der Waals surface area contributed by atoms with Crippen molar-refractivity contribution >= 4 is 17.9 Å². The number of rotatable bonds is 5. The van der Waals surface area contributed by atoms with Crippen molar-refractivity contribution in [1.82, 2.24) is 20.4 Å². The second-order valence-electron chi connectivity index (χ2n) is 7.97. The van der Waals surface area contributed by atoms with Crippen LogP contribution in [-0.2, 0) is 20.9 Å². The van der Waals surface area contributed by atoms with Crippen LogP contribution in [0.2, 0.25) is 0 Å². The number of ether oxygens (including phenoxy) is 1. The Morgan fingerprint density at radius 1 is 1.33 bits per heavy atom. The zero-order valence-corrected chi connectivity index (χ0v) is 17.0. The van der Waals surface area contributed by atoms with Gasteiger partial charge in [0.05, 0.1) is 0 Å². The molecule has 2 atom stereocenters. The van der Waals surface area contributed by atoms with Crippen molar-refractivity contribution in [3.8, 4) is 11.5 Å². The Balaban J connectivity index is 1.35. The summed E-state index contributed by atoms with van der Waals surface area (Å²) in [5.74, 6) is -0.575. The number of benzene rings is 1. The lowest BCUT2D eigenvalue weighted by Gasteiger charge is -2.36. The smallest absolute Gasteiger partial charge is 0.326 e. The summed E-state index contributed by atoms with van der Waals surface area (Å²) in [5.41, 5.74) is 0.925. The number of hydrogen-bond acceptors (Lipinski definition) is 7. The third-order valence-corrected chi connectivity index (χ3v) is 5.88. The number of nitrogens with one attached hydrogen (secondary N) is 1. The third kappa shape index (κ3) is 3.67. The highest BCUT2D eigenvalue weighted by Crippen LogP contribution is 2.38. The molecule has 30 heavy (non-hydrogen) atoms. The van der Waals surface area contributed by atoms with Gasteiger partial charge in [0.25, 0.3) is 11.8 Å². The number of urea groups is 1. The van der Waals surface area contributed by atoms with Gasteiger partial charge >= 0.3 is 12.0 Å². The standard InChI is InChI=1S/C21H24N4O5/c1-13-6-5-8-15(10-13)18-24-23-16(30-18)12-29-17(26)11-25-19(27)21(22-20(25)28)9-4-3-7-14(21)2/h5-6,8,10,14H,3-4,7,9,11-12H2,1-2H3,(H,22,28)/t14-,21+/m1/s1. The topological polar surface area (TPSA) is 115 Å². The van der Waals surface area contributed by atoms with E-state index >= 15 is 0 Å². The summed E-state index contributed by atoms with van der Waals surface area (Å²) in [7, 11) is 0. The molecule has 2 heterocycles. The molecular weight excluding hydrogens is 388 g/mol. The molecule has 9 heteroatoms. The van der Waals surface area contributed by atoms with Crippen molar-refractivity contribution in [1.29, 1.82) is 0 Å². The van der Waals surface area contributed by atoms with Crippen LogP contribution in [0, 0.1) is 12.8 Å². The van der Waals surface area contributed by atoms with Gasteiger partial charge < -0.3 is 14.5 Å². The summed E-state index contributed by atoms with van der Waals surface area (Å²) in [6.07, 6.45) is 3.36. The molecule has 1 aliphatic heterocycles. The van der Waals surface area contributed by atoms with Crippen LogP contribution >= 0.6 is 0 Å². The normalized spacial score (nSPS) is 23.7. The van der Waals surface area contributed by atoms with Gasteiger partial charge in [0.2, 0.25) is 5.89 Å². The molecule has 9 nitrogen and oxygen atoms in total. The molecule has 1 spiro atoms. The Morgan fingerprint density at radius 3 is 2.93 bits per heavy atom. The first-order valence-electron chi connectivity index (χ1n) is 10.1. The van der Waals surface area contributed by atoms with E-state index in [0.717, 1.165) is 35.3 Å². The van der Waals surface area contributed by atoms with Gasteiger partial charge in [-0.2, -0.15) is 0 Å². The minimum Gasteiger partial charge on any atom is -0.454 e. The van der Waals surface area contributed by atoms with Crippen molar-refractivity contribution in [3.63, 3.8) is 0 Å². The lowest BCUT2D eigenvalue weighted by atomic mass is 9.73. The number of carbonyl (C=O) groups is 3. The Hall–Kier alpha value is -3.23. The number of imide groups is 1. The van der Waals surface area contributed by atoms with E-state index in [1.807, 2.05) is 38.1 Å². The van der Waals surface area contributed by atoms with E-state index < -0.39 is 24.1 Å². The van der Waals surface area contributed by atoms with Crippen LogP contribution in [0.3, 0.4) is 0 Å². The second kappa shape index (κ2) is 7.89. The molecule has 1 N–H and O–H groups in total. The van der Waals surface area contributed by atoms with Crippen LogP contribution in [0.25, 0.3) is 11.5 Å². The summed E-state index contributed by atoms with van der Waals surface area (Å²) in [5, 5.41) is 10.7. The lowest BCUT2D eigenvalue weighted by Crippen LogP contribution is -2.54. The maximum absolute atomic E-state index is 12.9. The fourth-order valence-electron chi connectivity index (χ4n) is 4.16. The molecule has 2 fully saturated rings. The number of aryl methyl sites for hydroxylation is 1. The van der Waals surface area contributed by atoms with Gasteiger partial charge in [-0.3, -0.25) is 14.5 Å². The highest BCUT2D eigenvalue weighted by atomic mass is 16.5. The van der Waals surface area contributed by atoms with Crippen LogP contribution in [0.4, 0.5) is 4.79 Å². The quantitative estimate of drug-likeness (QED) is 0.593. The van der Waals surface area contributed by atoms with E-state index in [-0.39, 0.29) is 24.3 Å². The van der Waals surface area contributed by atoms with E-state index in [1.54, 1.807) is 0 Å². The van der Waals surface area contributed by atoms with E-state index in [1.165, 1.54) is 0 Å². The molecule has 4 rings (SSSR count). The average Bonchev–Trinajstić information content (AvgIpc) is 3.28. The molecule has 3 amide bonds. The summed E-state index contributed by atoms with van der Waals surface area (Å²) in [6.45, 7) is 3.23. The van der Waals surface area contributed by atoms with Gasteiger partial charge in [-0.1, -0.05) is 37.5 Å². The van der Waals surface area contributed by atoms with E-state index in [0.29, 0.717) is 12.3 Å². The first-order chi connectivity index (χ1) is 14.4. The molecule has 1 aromatic carbocycles. The highest BCUT2D eigenvalue weighted by molar-refractivity contribution is 6.08. The van der Waals surface area contributed by atoms with Crippen molar-refractivity contribution in [2.75, 3.05) is 6.54 Å². The van der Waals surface area contributed by atoms with Crippen molar-refractivity contribution < 1.29 is 23.5 Å². The molecule has 158 valence electrons. The lowest BCUT2D eigenvalue weighted by molar-refractivity contribution is -0.150. The summed E-state index contributed by atoms with van der Waals surface area (Å²) < 4.78 is 10.7. The van der Waals surface area contributed by atoms with Crippen molar-refractivity contribution in [3.05, 3.63) is 35.7 Å². The Bertz CT molecular complexity index is 987. The van der Waals surface area contributed by atoms with Gasteiger partial charge in [-0.05, 0) is 37.8 Å². The molecule has 1 aliphatic carbocycles. The minimum atomic E-state index is -0.898. The molecule has 0 unspecified atom stereocenters. The molecule has 1 saturated heterocycles. The number of nitrogens with zero attached hydrogens (tertiary/aromatic N) is 3. The van der Waals surface area contributed by atoms with E-state index in [2.05, 4.69) is 15.5 Å². The number of carbonyl (C=O) groups excluding carboxylic acids is 3. The summed E-state index contributed by atoms with van der Waals surface area (Å²) in [4.78, 5) is 38.4. The van der Waals surface area contributed by atoms with Gasteiger partial charge in [0.15, 0.2) is 6.61 Å². The second-order valence-corrected chi connectivity index (χ2v) is 7.97. The van der Waals surface area contributed by atoms with Crippen molar-refractivity contribution in [2.24, 2.45) is 5.92 Å². The molecular formula is C21H24N4O5. The van der Waals surface area contributed by atoms with Crippen LogP contribution in [-0.4, -0.2) is 45.1 Å².